The number of carbonyl (C=O) groups excluding carboxylic acids is 1. The van der Waals surface area contributed by atoms with Crippen LogP contribution in [0.1, 0.15) is 19.8 Å². The first-order valence-corrected chi connectivity index (χ1v) is 7.78. The first kappa shape index (κ1) is 15.8. The topological polar surface area (TPSA) is 52.6 Å². The number of nitrogens with one attached hydrogen (secondary N) is 1. The van der Waals surface area contributed by atoms with E-state index in [4.69, 9.17) is 11.6 Å². The number of hydrogen-bond acceptors (Lipinski definition) is 3. The summed E-state index contributed by atoms with van der Waals surface area (Å²) in [5.41, 5.74) is -0.00574. The maximum absolute atomic E-state index is 11.9. The Morgan fingerprint density at radius 3 is 2.85 bits per heavy atom. The quantitative estimate of drug-likeness (QED) is 0.848. The van der Waals surface area contributed by atoms with E-state index in [-0.39, 0.29) is 12.5 Å². The molecule has 2 rings (SSSR count). The van der Waals surface area contributed by atoms with Crippen LogP contribution in [-0.2, 0) is 4.79 Å². The summed E-state index contributed by atoms with van der Waals surface area (Å²) in [5, 5.41) is 13.3. The van der Waals surface area contributed by atoms with Gasteiger partial charge in [0.15, 0.2) is 0 Å². The molecule has 1 saturated heterocycles. The summed E-state index contributed by atoms with van der Waals surface area (Å²) in [6.07, 6.45) is 1.73. The highest BCUT2D eigenvalue weighted by molar-refractivity contribution is 9.10. The first-order chi connectivity index (χ1) is 9.42. The Bertz CT molecular complexity index is 504. The van der Waals surface area contributed by atoms with Gasteiger partial charge >= 0.3 is 0 Å². The van der Waals surface area contributed by atoms with Crippen LogP contribution >= 0.6 is 27.5 Å². The number of aliphatic hydroxyl groups is 1. The van der Waals surface area contributed by atoms with Gasteiger partial charge in [0.05, 0.1) is 22.9 Å². The summed E-state index contributed by atoms with van der Waals surface area (Å²) in [4.78, 5) is 13.8. The Morgan fingerprint density at radius 1 is 1.55 bits per heavy atom. The summed E-state index contributed by atoms with van der Waals surface area (Å²) in [6, 6.07) is 5.32. The molecule has 0 atom stereocenters. The van der Waals surface area contributed by atoms with E-state index in [1.807, 2.05) is 17.9 Å². The highest BCUT2D eigenvalue weighted by Gasteiger charge is 2.40. The average molecular weight is 362 g/mol. The molecule has 20 heavy (non-hydrogen) atoms. The smallest absolute Gasteiger partial charge is 0.238 e. The van der Waals surface area contributed by atoms with E-state index >= 15 is 0 Å². The fourth-order valence-electron chi connectivity index (χ4n) is 2.51. The van der Waals surface area contributed by atoms with Crippen LogP contribution in [0.2, 0.25) is 5.02 Å². The predicted molar refractivity (Wildman–Crippen MR) is 84.1 cm³/mol. The largest absolute Gasteiger partial charge is 0.387 e. The molecule has 110 valence electrons. The van der Waals surface area contributed by atoms with Crippen LogP contribution in [0.15, 0.2) is 22.7 Å². The number of anilines is 1. The summed E-state index contributed by atoms with van der Waals surface area (Å²) in [6.45, 7) is 3.44. The summed E-state index contributed by atoms with van der Waals surface area (Å²) < 4.78 is 0.868. The van der Waals surface area contributed by atoms with Crippen LogP contribution in [0.4, 0.5) is 5.69 Å². The average Bonchev–Trinajstić information content (AvgIpc) is 2.31. The number of amides is 1. The Labute approximate surface area is 132 Å². The lowest BCUT2D eigenvalue weighted by atomic mass is 9.89. The molecule has 0 aliphatic carbocycles. The zero-order valence-corrected chi connectivity index (χ0v) is 13.7. The molecule has 1 amide bonds. The minimum Gasteiger partial charge on any atom is -0.387 e. The molecular weight excluding hydrogens is 344 g/mol. The van der Waals surface area contributed by atoms with Gasteiger partial charge < -0.3 is 10.4 Å². The molecule has 1 aliphatic heterocycles. The van der Waals surface area contributed by atoms with Gasteiger partial charge in [-0.25, -0.2) is 0 Å². The standard InChI is InChI=1S/C14H18BrClN2O2/c1-2-5-14(20)8-18(9-14)7-13(19)17-12-4-3-10(15)6-11(12)16/h3-4,6,20H,2,5,7-9H2,1H3,(H,17,19). The highest BCUT2D eigenvalue weighted by Crippen LogP contribution is 2.27. The van der Waals surface area contributed by atoms with Gasteiger partial charge in [-0.15, -0.1) is 0 Å². The maximum Gasteiger partial charge on any atom is 0.238 e. The second-order valence-corrected chi connectivity index (χ2v) is 6.61. The Hall–Kier alpha value is -0.620. The summed E-state index contributed by atoms with van der Waals surface area (Å²) in [5.74, 6) is -0.118. The van der Waals surface area contributed by atoms with Crippen molar-refractivity contribution in [3.8, 4) is 0 Å². The van der Waals surface area contributed by atoms with E-state index in [2.05, 4.69) is 21.2 Å². The molecule has 1 heterocycles. The van der Waals surface area contributed by atoms with Crippen LogP contribution < -0.4 is 5.32 Å². The van der Waals surface area contributed by atoms with Gasteiger partial charge in [0, 0.05) is 17.6 Å². The minimum atomic E-state index is -0.607. The fraction of sp³-hybridized carbons (Fsp3) is 0.500. The Morgan fingerprint density at radius 2 is 2.25 bits per heavy atom. The van der Waals surface area contributed by atoms with Crippen molar-refractivity contribution in [3.63, 3.8) is 0 Å². The fourth-order valence-corrected chi connectivity index (χ4v) is 3.23. The van der Waals surface area contributed by atoms with Gasteiger partial charge in [0.1, 0.15) is 0 Å². The van der Waals surface area contributed by atoms with Gasteiger partial charge in [0.25, 0.3) is 0 Å². The summed E-state index contributed by atoms with van der Waals surface area (Å²) in [7, 11) is 0. The van der Waals surface area contributed by atoms with Gasteiger partial charge in [-0.1, -0.05) is 40.9 Å². The Balaban J connectivity index is 1.82. The van der Waals surface area contributed by atoms with E-state index in [9.17, 15) is 9.90 Å². The van der Waals surface area contributed by atoms with Crippen LogP contribution in [0.25, 0.3) is 0 Å². The number of halogens is 2. The molecule has 0 aromatic heterocycles. The third-order valence-corrected chi connectivity index (χ3v) is 4.13. The number of rotatable bonds is 5. The molecule has 0 saturated carbocycles. The molecule has 1 aliphatic rings. The maximum atomic E-state index is 11.9. The molecule has 0 bridgehead atoms. The molecule has 6 heteroatoms. The monoisotopic (exact) mass is 360 g/mol. The predicted octanol–water partition coefficient (Wildman–Crippen LogP) is 2.89. The van der Waals surface area contributed by atoms with Crippen molar-refractivity contribution in [1.29, 1.82) is 0 Å². The minimum absolute atomic E-state index is 0.118. The van der Waals surface area contributed by atoms with E-state index < -0.39 is 5.60 Å². The van der Waals surface area contributed by atoms with E-state index in [1.165, 1.54) is 0 Å². The van der Waals surface area contributed by atoms with Crippen LogP contribution in [-0.4, -0.2) is 41.1 Å². The lowest BCUT2D eigenvalue weighted by Crippen LogP contribution is -2.62. The number of hydrogen-bond donors (Lipinski definition) is 2. The third kappa shape index (κ3) is 3.95. The van der Waals surface area contributed by atoms with Gasteiger partial charge in [-0.05, 0) is 24.6 Å². The van der Waals surface area contributed by atoms with Gasteiger partial charge in [-0.2, -0.15) is 0 Å². The molecule has 1 fully saturated rings. The van der Waals surface area contributed by atoms with Crippen molar-refractivity contribution in [2.75, 3.05) is 25.0 Å². The van der Waals surface area contributed by atoms with Crippen LogP contribution in [0.5, 0.6) is 0 Å². The van der Waals surface area contributed by atoms with E-state index in [0.717, 1.165) is 17.3 Å². The van der Waals surface area contributed by atoms with Crippen molar-refractivity contribution in [2.45, 2.75) is 25.4 Å². The van der Waals surface area contributed by atoms with Crippen molar-refractivity contribution >= 4 is 39.1 Å². The molecule has 0 unspecified atom stereocenters. The molecular formula is C14H18BrClN2O2. The van der Waals surface area contributed by atoms with Crippen molar-refractivity contribution in [2.24, 2.45) is 0 Å². The molecule has 0 spiro atoms. The Kier molecular flexibility index (Phi) is 5.07. The number of likely N-dealkylation sites (tertiary alicyclic amines) is 1. The lowest BCUT2D eigenvalue weighted by molar-refractivity contribution is -0.129. The second-order valence-electron chi connectivity index (χ2n) is 5.29. The molecule has 1 aromatic carbocycles. The van der Waals surface area contributed by atoms with Gasteiger partial charge in [-0.3, -0.25) is 9.69 Å². The van der Waals surface area contributed by atoms with Crippen LogP contribution in [0, 0.1) is 0 Å². The SMILES string of the molecule is CCCC1(O)CN(CC(=O)Nc2ccc(Br)cc2Cl)C1. The van der Waals surface area contributed by atoms with Gasteiger partial charge in [0.2, 0.25) is 5.91 Å². The van der Waals surface area contributed by atoms with Crippen molar-refractivity contribution in [1.82, 2.24) is 4.90 Å². The first-order valence-electron chi connectivity index (χ1n) is 6.61. The number of carbonyl (C=O) groups is 1. The number of nitrogens with zero attached hydrogens (tertiary/aromatic N) is 1. The molecule has 2 N–H and O–H groups in total. The second kappa shape index (κ2) is 6.43. The molecule has 4 nitrogen and oxygen atoms in total. The van der Waals surface area contributed by atoms with Crippen molar-refractivity contribution in [3.05, 3.63) is 27.7 Å². The normalized spacial score (nSPS) is 17.6. The summed E-state index contributed by atoms with van der Waals surface area (Å²) >= 11 is 9.36. The van der Waals surface area contributed by atoms with E-state index in [1.54, 1.807) is 12.1 Å². The molecule has 1 aromatic rings. The lowest BCUT2D eigenvalue weighted by Gasteiger charge is -2.46. The highest BCUT2D eigenvalue weighted by atomic mass is 79.9. The zero-order valence-electron chi connectivity index (χ0n) is 11.3. The number of β-amino-alcohol motifs (C(OH)–C–C–N with tert-alkyl or cyclic N) is 1. The zero-order chi connectivity index (χ0) is 14.8. The third-order valence-electron chi connectivity index (χ3n) is 3.32. The molecule has 0 radical (unpaired) electrons. The van der Waals surface area contributed by atoms with E-state index in [0.29, 0.717) is 23.8 Å². The van der Waals surface area contributed by atoms with Crippen molar-refractivity contribution < 1.29 is 9.90 Å². The van der Waals surface area contributed by atoms with Crippen LogP contribution in [0.3, 0.4) is 0 Å². The number of benzene rings is 1.